The molecule has 2 fully saturated rings. The molecular formula is C17H24ClFN2OS. The van der Waals surface area contributed by atoms with E-state index in [1.165, 1.54) is 6.07 Å². The number of halogens is 2. The van der Waals surface area contributed by atoms with Crippen molar-refractivity contribution in [2.45, 2.75) is 31.8 Å². The minimum atomic E-state index is -0.227. The fourth-order valence-corrected chi connectivity index (χ4v) is 4.38. The number of rotatable bonds is 3. The number of likely N-dealkylation sites (tertiary alicyclic amines) is 1. The molecule has 23 heavy (non-hydrogen) atoms. The summed E-state index contributed by atoms with van der Waals surface area (Å²) in [4.78, 5) is 14.7. The molecule has 3 rings (SSSR count). The zero-order valence-corrected chi connectivity index (χ0v) is 15.0. The molecule has 0 saturated carbocycles. The third-order valence-electron chi connectivity index (χ3n) is 4.48. The lowest BCUT2D eigenvalue weighted by atomic mass is 10.0. The third-order valence-corrected chi connectivity index (χ3v) is 5.61. The van der Waals surface area contributed by atoms with Crippen molar-refractivity contribution < 1.29 is 9.18 Å². The standard InChI is InChI=1S/C17H23FN2OS.ClH/c1-12-7-16(13-3-2-4-14(18)8-13)20(10-12)17(21)9-15-11-22-6-5-19-15;/h2-4,8,12,15-16,19H,5-7,9-11H2,1H3;1H. The van der Waals surface area contributed by atoms with Crippen LogP contribution in [0.15, 0.2) is 24.3 Å². The highest BCUT2D eigenvalue weighted by Crippen LogP contribution is 2.36. The molecule has 3 atom stereocenters. The second-order valence-electron chi connectivity index (χ2n) is 6.39. The maximum Gasteiger partial charge on any atom is 0.224 e. The third kappa shape index (κ3) is 4.61. The number of hydrogen-bond donors (Lipinski definition) is 1. The lowest BCUT2D eigenvalue weighted by Crippen LogP contribution is -2.42. The Morgan fingerprint density at radius 2 is 2.30 bits per heavy atom. The van der Waals surface area contributed by atoms with E-state index in [0.29, 0.717) is 12.3 Å². The van der Waals surface area contributed by atoms with E-state index < -0.39 is 0 Å². The van der Waals surface area contributed by atoms with Gasteiger partial charge in [-0.05, 0) is 30.0 Å². The number of carbonyl (C=O) groups is 1. The first kappa shape index (κ1) is 18.6. The Balaban J connectivity index is 0.00000192. The van der Waals surface area contributed by atoms with Crippen molar-refractivity contribution in [1.82, 2.24) is 10.2 Å². The summed E-state index contributed by atoms with van der Waals surface area (Å²) in [5.74, 6) is 2.55. The van der Waals surface area contributed by atoms with Crippen molar-refractivity contribution in [2.75, 3.05) is 24.6 Å². The second kappa shape index (κ2) is 8.36. The Morgan fingerprint density at radius 1 is 1.48 bits per heavy atom. The fourth-order valence-electron chi connectivity index (χ4n) is 3.43. The van der Waals surface area contributed by atoms with Gasteiger partial charge in [0, 0.05) is 37.1 Å². The number of carbonyl (C=O) groups excluding carboxylic acids is 1. The quantitative estimate of drug-likeness (QED) is 0.900. The molecule has 1 N–H and O–H groups in total. The summed E-state index contributed by atoms with van der Waals surface area (Å²) in [6.45, 7) is 3.92. The summed E-state index contributed by atoms with van der Waals surface area (Å²) in [5, 5.41) is 3.42. The summed E-state index contributed by atoms with van der Waals surface area (Å²) in [7, 11) is 0. The van der Waals surface area contributed by atoms with Gasteiger partial charge >= 0.3 is 0 Å². The predicted molar refractivity (Wildman–Crippen MR) is 95.6 cm³/mol. The zero-order valence-electron chi connectivity index (χ0n) is 13.3. The van der Waals surface area contributed by atoms with E-state index in [1.807, 2.05) is 22.7 Å². The first-order valence-electron chi connectivity index (χ1n) is 7.99. The van der Waals surface area contributed by atoms with Crippen molar-refractivity contribution in [1.29, 1.82) is 0 Å². The van der Waals surface area contributed by atoms with Crippen LogP contribution in [0, 0.1) is 11.7 Å². The van der Waals surface area contributed by atoms with Crippen LogP contribution in [0.3, 0.4) is 0 Å². The predicted octanol–water partition coefficient (Wildman–Crippen LogP) is 3.25. The normalized spacial score (nSPS) is 27.6. The lowest BCUT2D eigenvalue weighted by molar-refractivity contribution is -0.132. The average Bonchev–Trinajstić information content (AvgIpc) is 2.90. The van der Waals surface area contributed by atoms with Gasteiger partial charge in [-0.1, -0.05) is 19.1 Å². The minimum Gasteiger partial charge on any atom is -0.335 e. The van der Waals surface area contributed by atoms with Crippen molar-refractivity contribution in [3.63, 3.8) is 0 Å². The number of thioether (sulfide) groups is 1. The van der Waals surface area contributed by atoms with Gasteiger partial charge in [-0.2, -0.15) is 11.8 Å². The molecule has 6 heteroatoms. The van der Waals surface area contributed by atoms with Crippen molar-refractivity contribution in [3.05, 3.63) is 35.6 Å². The van der Waals surface area contributed by atoms with Crippen molar-refractivity contribution in [2.24, 2.45) is 5.92 Å². The van der Waals surface area contributed by atoms with Crippen LogP contribution in [-0.2, 0) is 4.79 Å². The highest BCUT2D eigenvalue weighted by Gasteiger charge is 2.35. The summed E-state index contributed by atoms with van der Waals surface area (Å²) in [6, 6.07) is 6.98. The topological polar surface area (TPSA) is 32.3 Å². The maximum absolute atomic E-state index is 13.5. The molecule has 0 aliphatic carbocycles. The second-order valence-corrected chi connectivity index (χ2v) is 7.54. The Labute approximate surface area is 147 Å². The van der Waals surface area contributed by atoms with Gasteiger partial charge in [0.05, 0.1) is 6.04 Å². The Hall–Kier alpha value is -0.780. The molecule has 128 valence electrons. The van der Waals surface area contributed by atoms with Gasteiger partial charge in [-0.3, -0.25) is 4.79 Å². The van der Waals surface area contributed by atoms with Crippen LogP contribution in [0.5, 0.6) is 0 Å². The molecule has 2 saturated heterocycles. The molecule has 3 nitrogen and oxygen atoms in total. The molecule has 0 spiro atoms. The molecule has 0 aromatic heterocycles. The molecule has 1 aromatic carbocycles. The smallest absolute Gasteiger partial charge is 0.224 e. The van der Waals surface area contributed by atoms with Gasteiger partial charge in [-0.15, -0.1) is 12.4 Å². The van der Waals surface area contributed by atoms with Crippen LogP contribution in [0.2, 0.25) is 0 Å². The highest BCUT2D eigenvalue weighted by molar-refractivity contribution is 7.99. The lowest BCUT2D eigenvalue weighted by Gasteiger charge is -2.29. The Kier molecular flexibility index (Phi) is 6.74. The highest BCUT2D eigenvalue weighted by atomic mass is 35.5. The van der Waals surface area contributed by atoms with Crippen LogP contribution in [-0.4, -0.2) is 41.4 Å². The van der Waals surface area contributed by atoms with E-state index in [2.05, 4.69) is 12.2 Å². The number of nitrogens with one attached hydrogen (secondary N) is 1. The maximum atomic E-state index is 13.5. The van der Waals surface area contributed by atoms with Crippen molar-refractivity contribution in [3.8, 4) is 0 Å². The van der Waals surface area contributed by atoms with Crippen molar-refractivity contribution >= 4 is 30.1 Å². The molecule has 3 unspecified atom stereocenters. The average molecular weight is 359 g/mol. The van der Waals surface area contributed by atoms with Crippen LogP contribution in [0.4, 0.5) is 4.39 Å². The van der Waals surface area contributed by atoms with E-state index in [1.54, 1.807) is 12.1 Å². The SMILES string of the molecule is CC1CC(c2cccc(F)c2)N(C(=O)CC2CSCCN2)C1.Cl. The molecule has 2 heterocycles. The number of benzene rings is 1. The van der Waals surface area contributed by atoms with Gasteiger partial charge in [0.15, 0.2) is 0 Å². The number of hydrogen-bond acceptors (Lipinski definition) is 3. The van der Waals surface area contributed by atoms with E-state index in [0.717, 1.165) is 36.6 Å². The van der Waals surface area contributed by atoms with E-state index in [4.69, 9.17) is 0 Å². The summed E-state index contributed by atoms with van der Waals surface area (Å²) >= 11 is 1.90. The molecule has 1 amide bonds. The van der Waals surface area contributed by atoms with Gasteiger partial charge in [-0.25, -0.2) is 4.39 Å². The van der Waals surface area contributed by atoms with Crippen LogP contribution in [0.1, 0.15) is 31.4 Å². The number of nitrogens with zero attached hydrogens (tertiary/aromatic N) is 1. The Bertz CT molecular complexity index is 539. The van der Waals surface area contributed by atoms with Gasteiger partial charge in [0.1, 0.15) is 5.82 Å². The molecule has 1 aromatic rings. The Morgan fingerprint density at radius 3 is 3.00 bits per heavy atom. The molecule has 0 bridgehead atoms. The van der Waals surface area contributed by atoms with Crippen LogP contribution < -0.4 is 5.32 Å². The van der Waals surface area contributed by atoms with Gasteiger partial charge in [0.25, 0.3) is 0 Å². The first-order chi connectivity index (χ1) is 10.6. The largest absolute Gasteiger partial charge is 0.335 e. The first-order valence-corrected chi connectivity index (χ1v) is 9.15. The molecule has 2 aliphatic heterocycles. The molecule has 0 radical (unpaired) electrons. The fraction of sp³-hybridized carbons (Fsp3) is 0.588. The zero-order chi connectivity index (χ0) is 15.5. The van der Waals surface area contributed by atoms with E-state index in [9.17, 15) is 9.18 Å². The minimum absolute atomic E-state index is 0. The molecule has 2 aliphatic rings. The summed E-state index contributed by atoms with van der Waals surface area (Å²) < 4.78 is 13.5. The summed E-state index contributed by atoms with van der Waals surface area (Å²) in [5.41, 5.74) is 0.920. The monoisotopic (exact) mass is 358 g/mol. The van der Waals surface area contributed by atoms with Gasteiger partial charge < -0.3 is 10.2 Å². The molecular weight excluding hydrogens is 335 g/mol. The van der Waals surface area contributed by atoms with E-state index in [-0.39, 0.29) is 36.2 Å². The van der Waals surface area contributed by atoms with Crippen LogP contribution in [0.25, 0.3) is 0 Å². The van der Waals surface area contributed by atoms with Crippen LogP contribution >= 0.6 is 24.2 Å². The number of amides is 1. The summed E-state index contributed by atoms with van der Waals surface area (Å²) in [6.07, 6.45) is 1.47. The van der Waals surface area contributed by atoms with E-state index >= 15 is 0 Å². The van der Waals surface area contributed by atoms with Gasteiger partial charge in [0.2, 0.25) is 5.91 Å².